The van der Waals surface area contributed by atoms with Crippen molar-refractivity contribution in [3.63, 3.8) is 0 Å². The third-order valence-electron chi connectivity index (χ3n) is 2.63. The van der Waals surface area contributed by atoms with E-state index in [-0.39, 0.29) is 12.2 Å². The van der Waals surface area contributed by atoms with E-state index in [0.717, 1.165) is 12.1 Å². The average Bonchev–Trinajstić information content (AvgIpc) is 2.29. The van der Waals surface area contributed by atoms with Crippen LogP contribution in [0, 0.1) is 11.6 Å². The van der Waals surface area contributed by atoms with E-state index in [1.807, 2.05) is 0 Å². The number of nitrogens with zero attached hydrogens (tertiary/aromatic N) is 1. The van der Waals surface area contributed by atoms with Crippen LogP contribution in [0.1, 0.15) is 17.3 Å². The highest BCUT2D eigenvalue weighted by Gasteiger charge is 2.23. The minimum atomic E-state index is -1.53. The first-order valence-electron chi connectivity index (χ1n) is 5.96. The molecule has 1 aromatic rings. The highest BCUT2D eigenvalue weighted by molar-refractivity contribution is 5.88. The second-order valence-electron chi connectivity index (χ2n) is 5.18. The van der Waals surface area contributed by atoms with Crippen LogP contribution >= 0.6 is 0 Å². The zero-order valence-corrected chi connectivity index (χ0v) is 11.6. The van der Waals surface area contributed by atoms with Gasteiger partial charge in [0.1, 0.15) is 0 Å². The van der Waals surface area contributed by atoms with Crippen LogP contribution in [0.15, 0.2) is 12.1 Å². The molecule has 0 spiro atoms. The van der Waals surface area contributed by atoms with Gasteiger partial charge in [-0.3, -0.25) is 0 Å². The summed E-state index contributed by atoms with van der Waals surface area (Å²) >= 11 is 0. The van der Waals surface area contributed by atoms with Crippen LogP contribution in [0.2, 0.25) is 0 Å². The van der Waals surface area contributed by atoms with Crippen molar-refractivity contribution in [2.75, 3.05) is 32.5 Å². The summed E-state index contributed by atoms with van der Waals surface area (Å²) in [5.74, 6) is -4.23. The molecule has 0 aliphatic rings. The van der Waals surface area contributed by atoms with Crippen LogP contribution in [0.4, 0.5) is 14.5 Å². The maximum atomic E-state index is 13.7. The number of carboxylic acids is 1. The highest BCUT2D eigenvalue weighted by atomic mass is 19.2. The Balaban J connectivity index is 2.85. The molecule has 0 bridgehead atoms. The van der Waals surface area contributed by atoms with Crippen LogP contribution in [0.25, 0.3) is 0 Å². The van der Waals surface area contributed by atoms with E-state index in [4.69, 9.17) is 5.11 Å². The molecular weight excluding hydrogens is 270 g/mol. The lowest BCUT2D eigenvalue weighted by Crippen LogP contribution is -2.43. The number of anilines is 1. The largest absolute Gasteiger partial charge is 0.478 e. The topological polar surface area (TPSA) is 72.8 Å². The summed E-state index contributed by atoms with van der Waals surface area (Å²) in [5, 5.41) is 21.3. The first-order valence-corrected chi connectivity index (χ1v) is 5.96. The number of nitrogens with one attached hydrogen (secondary N) is 1. The fourth-order valence-electron chi connectivity index (χ4n) is 1.87. The van der Waals surface area contributed by atoms with Crippen molar-refractivity contribution in [2.24, 2.45) is 0 Å². The molecular formula is C13H18F2N2O3. The summed E-state index contributed by atoms with van der Waals surface area (Å²) in [7, 11) is 3.55. The number of hydrogen-bond donors (Lipinski definition) is 3. The van der Waals surface area contributed by atoms with Crippen molar-refractivity contribution in [2.45, 2.75) is 12.5 Å². The number of benzene rings is 1. The zero-order chi connectivity index (χ0) is 15.5. The molecule has 0 aromatic heterocycles. The molecule has 3 N–H and O–H groups in total. The number of hydrogen-bond acceptors (Lipinski definition) is 4. The van der Waals surface area contributed by atoms with Crippen LogP contribution in [-0.2, 0) is 0 Å². The van der Waals surface area contributed by atoms with E-state index >= 15 is 0 Å². The molecule has 1 unspecified atom stereocenters. The summed E-state index contributed by atoms with van der Waals surface area (Å²) in [6.45, 7) is 1.88. The van der Waals surface area contributed by atoms with Crippen LogP contribution in [0.3, 0.4) is 0 Å². The number of likely N-dealkylation sites (N-methyl/N-ethyl adjacent to an activating group) is 1. The van der Waals surface area contributed by atoms with Gasteiger partial charge in [0.25, 0.3) is 0 Å². The molecule has 20 heavy (non-hydrogen) atoms. The number of halogens is 2. The Bertz CT molecular complexity index is 505. The van der Waals surface area contributed by atoms with Gasteiger partial charge in [-0.2, -0.15) is 0 Å². The van der Waals surface area contributed by atoms with Crippen molar-refractivity contribution in [1.29, 1.82) is 0 Å². The smallest absolute Gasteiger partial charge is 0.338 e. The number of rotatable bonds is 6. The standard InChI is InChI=1S/C13H18F2N2O3/c1-13(20,7-17(2)3)6-16-9-5-4-8(12(18)19)10(14)11(9)15/h4-5,16,20H,6-7H2,1-3H3,(H,18,19). The number of carboxylic acid groups (broad SMARTS) is 1. The van der Waals surface area contributed by atoms with E-state index in [9.17, 15) is 18.7 Å². The van der Waals surface area contributed by atoms with Gasteiger partial charge in [0.2, 0.25) is 0 Å². The molecule has 0 amide bonds. The lowest BCUT2D eigenvalue weighted by Gasteiger charge is -2.27. The van der Waals surface area contributed by atoms with Crippen molar-refractivity contribution in [3.8, 4) is 0 Å². The Kier molecular flexibility index (Phi) is 5.02. The Morgan fingerprint density at radius 2 is 1.95 bits per heavy atom. The van der Waals surface area contributed by atoms with Gasteiger partial charge in [-0.1, -0.05) is 0 Å². The van der Waals surface area contributed by atoms with Crippen LogP contribution in [-0.4, -0.2) is 53.9 Å². The molecule has 0 aliphatic carbocycles. The van der Waals surface area contributed by atoms with Crippen LogP contribution in [0.5, 0.6) is 0 Å². The van der Waals surface area contributed by atoms with Gasteiger partial charge in [0, 0.05) is 13.1 Å². The molecule has 0 fully saturated rings. The molecule has 0 saturated carbocycles. The maximum Gasteiger partial charge on any atom is 0.338 e. The minimum Gasteiger partial charge on any atom is -0.478 e. The average molecular weight is 288 g/mol. The van der Waals surface area contributed by atoms with Gasteiger partial charge in [0.05, 0.1) is 16.9 Å². The Labute approximate surface area is 115 Å². The Hall–Kier alpha value is -1.73. The lowest BCUT2D eigenvalue weighted by atomic mass is 10.1. The van der Waals surface area contributed by atoms with E-state index in [0.29, 0.717) is 6.54 Å². The molecule has 1 atom stereocenters. The van der Waals surface area contributed by atoms with Crippen molar-refractivity contribution in [3.05, 3.63) is 29.3 Å². The van der Waals surface area contributed by atoms with Crippen molar-refractivity contribution >= 4 is 11.7 Å². The van der Waals surface area contributed by atoms with E-state index < -0.39 is 28.8 Å². The summed E-state index contributed by atoms with van der Waals surface area (Å²) in [6.07, 6.45) is 0. The van der Waals surface area contributed by atoms with Gasteiger partial charge in [-0.25, -0.2) is 13.6 Å². The number of aliphatic hydroxyl groups is 1. The fraction of sp³-hybridized carbons (Fsp3) is 0.462. The monoisotopic (exact) mass is 288 g/mol. The maximum absolute atomic E-state index is 13.7. The molecule has 5 nitrogen and oxygen atoms in total. The number of aromatic carboxylic acids is 1. The summed E-state index contributed by atoms with van der Waals surface area (Å²) in [5.41, 5.74) is -2.06. The predicted octanol–water partition coefficient (Wildman–Crippen LogP) is 1.39. The quantitative estimate of drug-likeness (QED) is 0.737. The third kappa shape index (κ3) is 4.14. The molecule has 0 radical (unpaired) electrons. The molecule has 0 saturated heterocycles. The van der Waals surface area contributed by atoms with Gasteiger partial charge >= 0.3 is 5.97 Å². The van der Waals surface area contributed by atoms with Crippen molar-refractivity contribution in [1.82, 2.24) is 4.90 Å². The second kappa shape index (κ2) is 6.15. The predicted molar refractivity (Wildman–Crippen MR) is 71.0 cm³/mol. The molecule has 1 aromatic carbocycles. The van der Waals surface area contributed by atoms with Gasteiger partial charge in [-0.05, 0) is 33.2 Å². The van der Waals surface area contributed by atoms with E-state index in [1.165, 1.54) is 0 Å². The summed E-state index contributed by atoms with van der Waals surface area (Å²) in [4.78, 5) is 12.4. The number of carbonyl (C=O) groups is 1. The van der Waals surface area contributed by atoms with Gasteiger partial charge < -0.3 is 20.4 Å². The van der Waals surface area contributed by atoms with Crippen molar-refractivity contribution < 1.29 is 23.8 Å². The summed E-state index contributed by atoms with van der Waals surface area (Å²) < 4.78 is 27.1. The molecule has 0 aliphatic heterocycles. The third-order valence-corrected chi connectivity index (χ3v) is 2.63. The zero-order valence-electron chi connectivity index (χ0n) is 11.6. The normalized spacial score (nSPS) is 14.2. The fourth-order valence-corrected chi connectivity index (χ4v) is 1.87. The SMILES string of the molecule is CN(C)CC(C)(O)CNc1ccc(C(=O)O)c(F)c1F. The lowest BCUT2D eigenvalue weighted by molar-refractivity contribution is 0.0458. The van der Waals surface area contributed by atoms with E-state index in [2.05, 4.69) is 5.32 Å². The summed E-state index contributed by atoms with van der Waals surface area (Å²) in [6, 6.07) is 2.11. The van der Waals surface area contributed by atoms with Gasteiger partial charge in [0.15, 0.2) is 11.6 Å². The molecule has 0 heterocycles. The Morgan fingerprint density at radius 1 is 1.35 bits per heavy atom. The first-order chi connectivity index (χ1) is 9.14. The highest BCUT2D eigenvalue weighted by Crippen LogP contribution is 2.21. The first kappa shape index (κ1) is 16.3. The van der Waals surface area contributed by atoms with E-state index in [1.54, 1.807) is 25.9 Å². The Morgan fingerprint density at radius 3 is 2.45 bits per heavy atom. The van der Waals surface area contributed by atoms with Crippen LogP contribution < -0.4 is 5.32 Å². The second-order valence-corrected chi connectivity index (χ2v) is 5.18. The molecule has 7 heteroatoms. The molecule has 1 rings (SSSR count). The van der Waals surface area contributed by atoms with Gasteiger partial charge in [-0.15, -0.1) is 0 Å². The minimum absolute atomic E-state index is 0.00599. The molecule has 112 valence electrons.